The molecule has 1 heterocycles. The Kier molecular flexibility index (Phi) is 4.20. The van der Waals surface area contributed by atoms with Gasteiger partial charge in [-0.2, -0.15) is 0 Å². The van der Waals surface area contributed by atoms with Gasteiger partial charge in [-0.05, 0) is 23.1 Å². The van der Waals surface area contributed by atoms with Crippen LogP contribution in [0.3, 0.4) is 0 Å². The maximum absolute atomic E-state index is 12.6. The summed E-state index contributed by atoms with van der Waals surface area (Å²) >= 11 is 3.57. The number of aromatic nitrogens is 1. The molecule has 1 atom stereocenters. The lowest BCUT2D eigenvalue weighted by molar-refractivity contribution is 0.592. The first-order valence-corrected chi connectivity index (χ1v) is 8.11. The zero-order valence-electron chi connectivity index (χ0n) is 11.6. The van der Waals surface area contributed by atoms with Gasteiger partial charge in [0.25, 0.3) is 5.56 Å². The summed E-state index contributed by atoms with van der Waals surface area (Å²) in [6, 6.07) is 20.0. The van der Waals surface area contributed by atoms with Crippen molar-refractivity contribution in [3.8, 4) is 0 Å². The van der Waals surface area contributed by atoms with Crippen molar-refractivity contribution in [3.05, 3.63) is 82.8 Å². The smallest absolute Gasteiger partial charge is 0.258 e. The monoisotopic (exact) mass is 341 g/mol. The second kappa shape index (κ2) is 6.27. The Balaban J connectivity index is 1.97. The van der Waals surface area contributed by atoms with Crippen molar-refractivity contribution < 1.29 is 0 Å². The third-order valence-electron chi connectivity index (χ3n) is 3.76. The van der Waals surface area contributed by atoms with Crippen LogP contribution in [0.2, 0.25) is 0 Å². The topological polar surface area (TPSA) is 22.0 Å². The van der Waals surface area contributed by atoms with Crippen LogP contribution in [0.4, 0.5) is 0 Å². The number of benzene rings is 2. The first-order valence-electron chi connectivity index (χ1n) is 6.98. The number of halogens is 1. The quantitative estimate of drug-likeness (QED) is 0.652. The summed E-state index contributed by atoms with van der Waals surface area (Å²) in [5.41, 5.74) is 1.32. The zero-order valence-corrected chi connectivity index (χ0v) is 13.2. The van der Waals surface area contributed by atoms with Crippen molar-refractivity contribution in [2.45, 2.75) is 12.5 Å². The highest BCUT2D eigenvalue weighted by Gasteiger charge is 2.12. The fraction of sp³-hybridized carbons (Fsp3) is 0.167. The summed E-state index contributed by atoms with van der Waals surface area (Å²) in [5.74, 6) is 0.282. The van der Waals surface area contributed by atoms with Crippen LogP contribution in [0, 0.1) is 0 Å². The summed E-state index contributed by atoms with van der Waals surface area (Å²) < 4.78 is 1.81. The Morgan fingerprint density at radius 2 is 1.67 bits per heavy atom. The lowest BCUT2D eigenvalue weighted by Crippen LogP contribution is -2.23. The van der Waals surface area contributed by atoms with Gasteiger partial charge in [0.15, 0.2) is 0 Å². The molecule has 0 saturated heterocycles. The van der Waals surface area contributed by atoms with Gasteiger partial charge >= 0.3 is 0 Å². The molecule has 0 aliphatic heterocycles. The normalized spacial score (nSPS) is 12.4. The van der Waals surface area contributed by atoms with Crippen LogP contribution in [0.1, 0.15) is 11.5 Å². The SMILES string of the molecule is O=c1c2ccccc2ccn1CC(CBr)c1ccccc1. The molecule has 0 bridgehead atoms. The average Bonchev–Trinajstić information content (AvgIpc) is 2.55. The molecule has 0 saturated carbocycles. The molecule has 1 unspecified atom stereocenters. The molecule has 3 aromatic rings. The number of hydrogen-bond donors (Lipinski definition) is 0. The van der Waals surface area contributed by atoms with E-state index < -0.39 is 0 Å². The van der Waals surface area contributed by atoms with E-state index in [1.165, 1.54) is 5.56 Å². The molecule has 0 amide bonds. The van der Waals surface area contributed by atoms with Gasteiger partial charge in [-0.1, -0.05) is 64.5 Å². The Bertz CT molecular complexity index is 795. The van der Waals surface area contributed by atoms with E-state index in [0.717, 1.165) is 16.1 Å². The summed E-state index contributed by atoms with van der Waals surface area (Å²) in [5, 5.41) is 2.60. The second-order valence-corrected chi connectivity index (χ2v) is 5.77. The van der Waals surface area contributed by atoms with Gasteiger partial charge in [0.1, 0.15) is 0 Å². The second-order valence-electron chi connectivity index (χ2n) is 5.12. The molecule has 0 N–H and O–H groups in total. The first kappa shape index (κ1) is 14.1. The van der Waals surface area contributed by atoms with Gasteiger partial charge in [-0.15, -0.1) is 0 Å². The Labute approximate surface area is 132 Å². The van der Waals surface area contributed by atoms with E-state index in [1.54, 1.807) is 4.57 Å². The highest BCUT2D eigenvalue weighted by molar-refractivity contribution is 9.09. The molecular formula is C18H16BrNO. The van der Waals surface area contributed by atoms with Crippen molar-refractivity contribution in [2.24, 2.45) is 0 Å². The highest BCUT2D eigenvalue weighted by atomic mass is 79.9. The Morgan fingerprint density at radius 3 is 2.43 bits per heavy atom. The highest BCUT2D eigenvalue weighted by Crippen LogP contribution is 2.20. The van der Waals surface area contributed by atoms with Gasteiger partial charge in [-0.25, -0.2) is 0 Å². The standard InChI is InChI=1S/C18H16BrNO/c19-12-16(14-6-2-1-3-7-14)13-20-11-10-15-8-4-5-9-17(15)18(20)21/h1-11,16H,12-13H2. The summed E-state index contributed by atoms with van der Waals surface area (Å²) in [4.78, 5) is 12.6. The molecule has 2 nitrogen and oxygen atoms in total. The largest absolute Gasteiger partial charge is 0.314 e. The number of rotatable bonds is 4. The van der Waals surface area contributed by atoms with E-state index in [0.29, 0.717) is 6.54 Å². The van der Waals surface area contributed by atoms with Gasteiger partial charge in [0.2, 0.25) is 0 Å². The third kappa shape index (κ3) is 2.93. The van der Waals surface area contributed by atoms with E-state index in [2.05, 4.69) is 28.1 Å². The number of nitrogens with zero attached hydrogens (tertiary/aromatic N) is 1. The van der Waals surface area contributed by atoms with E-state index in [4.69, 9.17) is 0 Å². The zero-order chi connectivity index (χ0) is 14.7. The molecule has 3 rings (SSSR count). The maximum Gasteiger partial charge on any atom is 0.258 e. The molecule has 0 aliphatic rings. The fourth-order valence-electron chi connectivity index (χ4n) is 2.58. The molecular weight excluding hydrogens is 326 g/mol. The van der Waals surface area contributed by atoms with Gasteiger partial charge in [0, 0.05) is 29.4 Å². The predicted octanol–water partition coefficient (Wildman–Crippen LogP) is 4.18. The molecule has 0 aliphatic carbocycles. The van der Waals surface area contributed by atoms with Gasteiger partial charge in [0.05, 0.1) is 0 Å². The Hall–Kier alpha value is -1.87. The molecule has 0 spiro atoms. The Morgan fingerprint density at radius 1 is 0.952 bits per heavy atom. The van der Waals surface area contributed by atoms with Crippen LogP contribution in [-0.4, -0.2) is 9.90 Å². The van der Waals surface area contributed by atoms with E-state index >= 15 is 0 Å². The summed E-state index contributed by atoms with van der Waals surface area (Å²) in [7, 11) is 0. The molecule has 21 heavy (non-hydrogen) atoms. The molecule has 1 aromatic heterocycles. The third-order valence-corrected chi connectivity index (χ3v) is 4.54. The van der Waals surface area contributed by atoms with Crippen molar-refractivity contribution in [2.75, 3.05) is 5.33 Å². The van der Waals surface area contributed by atoms with Crippen molar-refractivity contribution in [1.82, 2.24) is 4.57 Å². The minimum atomic E-state index is 0.0787. The first-order chi connectivity index (χ1) is 10.3. The number of fused-ring (bicyclic) bond motifs is 1. The van der Waals surface area contributed by atoms with E-state index in [-0.39, 0.29) is 11.5 Å². The molecule has 106 valence electrons. The van der Waals surface area contributed by atoms with Crippen LogP contribution < -0.4 is 5.56 Å². The maximum atomic E-state index is 12.6. The summed E-state index contributed by atoms with van der Waals surface area (Å²) in [6.45, 7) is 0.679. The average molecular weight is 342 g/mol. The van der Waals surface area contributed by atoms with Gasteiger partial charge in [-0.3, -0.25) is 4.79 Å². The molecule has 3 heteroatoms. The van der Waals surface area contributed by atoms with Crippen LogP contribution in [0.25, 0.3) is 10.8 Å². The summed E-state index contributed by atoms with van der Waals surface area (Å²) in [6.07, 6.45) is 1.89. The molecule has 0 radical (unpaired) electrons. The van der Waals surface area contributed by atoms with Crippen molar-refractivity contribution >= 4 is 26.7 Å². The van der Waals surface area contributed by atoms with Crippen molar-refractivity contribution in [1.29, 1.82) is 0 Å². The lowest BCUT2D eigenvalue weighted by atomic mass is 10.0. The number of alkyl halides is 1. The fourth-order valence-corrected chi connectivity index (χ4v) is 3.16. The minimum absolute atomic E-state index is 0.0787. The lowest BCUT2D eigenvalue weighted by Gasteiger charge is -2.16. The van der Waals surface area contributed by atoms with Crippen LogP contribution in [0.15, 0.2) is 71.7 Å². The number of pyridine rings is 1. The number of hydrogen-bond acceptors (Lipinski definition) is 1. The van der Waals surface area contributed by atoms with Crippen LogP contribution in [-0.2, 0) is 6.54 Å². The van der Waals surface area contributed by atoms with Crippen molar-refractivity contribution in [3.63, 3.8) is 0 Å². The molecule has 0 fully saturated rings. The van der Waals surface area contributed by atoms with Crippen LogP contribution in [0.5, 0.6) is 0 Å². The van der Waals surface area contributed by atoms with Crippen LogP contribution >= 0.6 is 15.9 Å². The predicted molar refractivity (Wildman–Crippen MR) is 91.2 cm³/mol. The minimum Gasteiger partial charge on any atom is -0.314 e. The van der Waals surface area contributed by atoms with Gasteiger partial charge < -0.3 is 4.57 Å². The van der Waals surface area contributed by atoms with E-state index in [1.807, 2.05) is 54.7 Å². The molecule has 2 aromatic carbocycles. The van der Waals surface area contributed by atoms with E-state index in [9.17, 15) is 4.79 Å².